The van der Waals surface area contributed by atoms with Crippen molar-refractivity contribution in [2.45, 2.75) is 52.5 Å². The largest absolute Gasteiger partial charge is 0.339 e. The summed E-state index contributed by atoms with van der Waals surface area (Å²) < 4.78 is 0. The van der Waals surface area contributed by atoms with Gasteiger partial charge in [0.2, 0.25) is 5.91 Å². The average Bonchev–Trinajstić information content (AvgIpc) is 2.53. The van der Waals surface area contributed by atoms with E-state index in [1.807, 2.05) is 16.7 Å². The number of carbonyl (C=O) groups excluding carboxylic acids is 2. The molecule has 2 fully saturated rings. The molecular formula is C16H29N3O2. The third kappa shape index (κ3) is 3.69. The molecule has 2 heterocycles. The fourth-order valence-electron chi connectivity index (χ4n) is 3.44. The average molecular weight is 295 g/mol. The van der Waals surface area contributed by atoms with Gasteiger partial charge in [0, 0.05) is 45.2 Å². The summed E-state index contributed by atoms with van der Waals surface area (Å²) in [4.78, 5) is 30.3. The van der Waals surface area contributed by atoms with E-state index in [0.717, 1.165) is 19.4 Å². The van der Waals surface area contributed by atoms with E-state index in [2.05, 4.69) is 18.7 Å². The van der Waals surface area contributed by atoms with Crippen LogP contribution < -0.4 is 0 Å². The Morgan fingerprint density at radius 2 is 1.62 bits per heavy atom. The molecule has 0 saturated carbocycles. The maximum absolute atomic E-state index is 12.8. The van der Waals surface area contributed by atoms with Crippen LogP contribution in [0, 0.1) is 5.92 Å². The molecule has 21 heavy (non-hydrogen) atoms. The van der Waals surface area contributed by atoms with Crippen LogP contribution in [-0.4, -0.2) is 65.4 Å². The summed E-state index contributed by atoms with van der Waals surface area (Å²) >= 11 is 0. The highest BCUT2D eigenvalue weighted by atomic mass is 16.2. The molecule has 0 radical (unpaired) electrons. The number of nitrogens with zero attached hydrogens (tertiary/aromatic N) is 3. The van der Waals surface area contributed by atoms with Crippen LogP contribution in [0.5, 0.6) is 0 Å². The van der Waals surface area contributed by atoms with Crippen molar-refractivity contribution in [1.82, 2.24) is 14.7 Å². The summed E-state index contributed by atoms with van der Waals surface area (Å²) in [5.41, 5.74) is 0. The van der Waals surface area contributed by atoms with Gasteiger partial charge in [-0.1, -0.05) is 20.8 Å². The van der Waals surface area contributed by atoms with Crippen LogP contribution in [0.1, 0.15) is 46.5 Å². The highest BCUT2D eigenvalue weighted by molar-refractivity contribution is 5.77. The summed E-state index contributed by atoms with van der Waals surface area (Å²) in [6.45, 7) is 9.88. The number of piperazine rings is 1. The normalized spacial score (nSPS) is 23.6. The van der Waals surface area contributed by atoms with Gasteiger partial charge in [0.1, 0.15) is 0 Å². The number of hydrogen-bond donors (Lipinski definition) is 0. The molecule has 2 saturated heterocycles. The lowest BCUT2D eigenvalue weighted by Crippen LogP contribution is -2.57. The van der Waals surface area contributed by atoms with Crippen LogP contribution in [0.4, 0.5) is 4.79 Å². The van der Waals surface area contributed by atoms with E-state index in [0.29, 0.717) is 44.6 Å². The van der Waals surface area contributed by atoms with Gasteiger partial charge in [0.05, 0.1) is 0 Å². The topological polar surface area (TPSA) is 43.9 Å². The number of hydrogen-bond acceptors (Lipinski definition) is 2. The number of rotatable bonds is 2. The summed E-state index contributed by atoms with van der Waals surface area (Å²) in [5.74, 6) is 0.706. The van der Waals surface area contributed by atoms with Crippen molar-refractivity contribution in [2.75, 3.05) is 32.7 Å². The second-order valence-corrected chi connectivity index (χ2v) is 6.50. The Hall–Kier alpha value is -1.26. The summed E-state index contributed by atoms with van der Waals surface area (Å²) in [6, 6.07) is 0.554. The van der Waals surface area contributed by atoms with E-state index in [-0.39, 0.29) is 11.9 Å². The predicted molar refractivity (Wildman–Crippen MR) is 83.0 cm³/mol. The zero-order valence-electron chi connectivity index (χ0n) is 13.7. The van der Waals surface area contributed by atoms with Crippen LogP contribution in [0.15, 0.2) is 0 Å². The molecule has 0 aromatic rings. The molecule has 0 bridgehead atoms. The standard InChI is InChI=1S/C16H29N3O2/c1-4-15(20)17-9-11-18(12-10-17)16(21)19-8-6-5-7-14(19)13(2)3/h13-14H,4-12H2,1-3H3. The predicted octanol–water partition coefficient (Wildman–Crippen LogP) is 2.17. The smallest absolute Gasteiger partial charge is 0.320 e. The number of carbonyl (C=O) groups is 2. The molecule has 2 aliphatic rings. The van der Waals surface area contributed by atoms with Crippen molar-refractivity contribution >= 4 is 11.9 Å². The first-order chi connectivity index (χ1) is 10.0. The fourth-order valence-corrected chi connectivity index (χ4v) is 3.44. The fraction of sp³-hybridized carbons (Fsp3) is 0.875. The van der Waals surface area contributed by atoms with Crippen LogP contribution in [0.25, 0.3) is 0 Å². The van der Waals surface area contributed by atoms with Gasteiger partial charge in [0.15, 0.2) is 0 Å². The van der Waals surface area contributed by atoms with E-state index in [4.69, 9.17) is 0 Å². The quantitative estimate of drug-likeness (QED) is 0.783. The molecular weight excluding hydrogens is 266 g/mol. The highest BCUT2D eigenvalue weighted by Crippen LogP contribution is 2.24. The first kappa shape index (κ1) is 16.1. The minimum absolute atomic E-state index is 0.178. The number of likely N-dealkylation sites (tertiary alicyclic amines) is 1. The van der Waals surface area contributed by atoms with E-state index >= 15 is 0 Å². The molecule has 0 aromatic heterocycles. The van der Waals surface area contributed by atoms with Gasteiger partial charge in [0.25, 0.3) is 0 Å². The minimum Gasteiger partial charge on any atom is -0.339 e. The van der Waals surface area contributed by atoms with Gasteiger partial charge in [-0.3, -0.25) is 4.79 Å². The second kappa shape index (κ2) is 7.14. The molecule has 2 rings (SSSR count). The number of piperidine rings is 1. The van der Waals surface area contributed by atoms with Crippen LogP contribution >= 0.6 is 0 Å². The van der Waals surface area contributed by atoms with E-state index in [1.54, 1.807) is 0 Å². The minimum atomic E-state index is 0.178. The zero-order valence-corrected chi connectivity index (χ0v) is 13.7. The number of urea groups is 1. The molecule has 2 aliphatic heterocycles. The van der Waals surface area contributed by atoms with Crippen molar-refractivity contribution in [3.8, 4) is 0 Å². The SMILES string of the molecule is CCC(=O)N1CCN(C(=O)N2CCCCC2C(C)C)CC1. The van der Waals surface area contributed by atoms with E-state index in [9.17, 15) is 9.59 Å². The molecule has 5 heteroatoms. The molecule has 0 aliphatic carbocycles. The van der Waals surface area contributed by atoms with Crippen molar-refractivity contribution in [3.63, 3.8) is 0 Å². The maximum Gasteiger partial charge on any atom is 0.320 e. The van der Waals surface area contributed by atoms with Crippen molar-refractivity contribution in [1.29, 1.82) is 0 Å². The van der Waals surface area contributed by atoms with Crippen LogP contribution in [0.2, 0.25) is 0 Å². The Balaban J connectivity index is 1.93. The Bertz CT molecular complexity index is 376. The lowest BCUT2D eigenvalue weighted by Gasteiger charge is -2.43. The molecule has 0 N–H and O–H groups in total. The van der Waals surface area contributed by atoms with Crippen molar-refractivity contribution < 1.29 is 9.59 Å². The van der Waals surface area contributed by atoms with Gasteiger partial charge in [-0.05, 0) is 25.2 Å². The summed E-state index contributed by atoms with van der Waals surface area (Å²) in [6.07, 6.45) is 4.02. The molecule has 5 nitrogen and oxygen atoms in total. The zero-order chi connectivity index (χ0) is 15.4. The molecule has 0 aromatic carbocycles. The van der Waals surface area contributed by atoms with Crippen LogP contribution in [-0.2, 0) is 4.79 Å². The molecule has 0 spiro atoms. The maximum atomic E-state index is 12.8. The Morgan fingerprint density at radius 1 is 1.00 bits per heavy atom. The third-order valence-electron chi connectivity index (χ3n) is 4.77. The van der Waals surface area contributed by atoms with E-state index < -0.39 is 0 Å². The lowest BCUT2D eigenvalue weighted by molar-refractivity contribution is -0.132. The first-order valence-corrected chi connectivity index (χ1v) is 8.38. The second-order valence-electron chi connectivity index (χ2n) is 6.50. The monoisotopic (exact) mass is 295 g/mol. The molecule has 1 atom stereocenters. The van der Waals surface area contributed by atoms with E-state index in [1.165, 1.54) is 6.42 Å². The first-order valence-electron chi connectivity index (χ1n) is 8.38. The summed E-state index contributed by atoms with van der Waals surface area (Å²) in [5, 5.41) is 0. The molecule has 120 valence electrons. The highest BCUT2D eigenvalue weighted by Gasteiger charge is 2.33. The molecule has 1 unspecified atom stereocenters. The summed E-state index contributed by atoms with van der Waals surface area (Å²) in [7, 11) is 0. The van der Waals surface area contributed by atoms with Crippen molar-refractivity contribution in [3.05, 3.63) is 0 Å². The van der Waals surface area contributed by atoms with Crippen LogP contribution in [0.3, 0.4) is 0 Å². The van der Waals surface area contributed by atoms with Gasteiger partial charge < -0.3 is 14.7 Å². The third-order valence-corrected chi connectivity index (χ3v) is 4.77. The Kier molecular flexibility index (Phi) is 5.48. The molecule has 3 amide bonds. The van der Waals surface area contributed by atoms with Gasteiger partial charge in [-0.25, -0.2) is 4.79 Å². The Labute approximate surface area is 128 Å². The lowest BCUT2D eigenvalue weighted by atomic mass is 9.93. The van der Waals surface area contributed by atoms with Gasteiger partial charge in [-0.15, -0.1) is 0 Å². The van der Waals surface area contributed by atoms with Gasteiger partial charge >= 0.3 is 6.03 Å². The van der Waals surface area contributed by atoms with Gasteiger partial charge in [-0.2, -0.15) is 0 Å². The van der Waals surface area contributed by atoms with Crippen molar-refractivity contribution in [2.24, 2.45) is 5.92 Å². The Morgan fingerprint density at radius 3 is 2.19 bits per heavy atom. The number of amides is 3.